The molecule has 0 aliphatic rings. The van der Waals surface area contributed by atoms with E-state index in [0.717, 1.165) is 9.87 Å². The summed E-state index contributed by atoms with van der Waals surface area (Å²) >= 11 is 25.6. The number of sulfonamides is 1. The summed E-state index contributed by atoms with van der Waals surface area (Å²) in [5, 5.41) is 3.91. The van der Waals surface area contributed by atoms with Crippen LogP contribution in [0.3, 0.4) is 0 Å². The van der Waals surface area contributed by atoms with Gasteiger partial charge in [0.25, 0.3) is 10.0 Å². The highest BCUT2D eigenvalue weighted by Crippen LogP contribution is 2.32. The van der Waals surface area contributed by atoms with E-state index in [4.69, 9.17) is 46.4 Å². The first-order valence-corrected chi connectivity index (χ1v) is 17.5. The van der Waals surface area contributed by atoms with Gasteiger partial charge >= 0.3 is 0 Å². The van der Waals surface area contributed by atoms with Crippen LogP contribution >= 0.6 is 46.4 Å². The first kappa shape index (κ1) is 35.6. The van der Waals surface area contributed by atoms with E-state index in [2.05, 4.69) is 5.32 Å². The van der Waals surface area contributed by atoms with Crippen LogP contribution in [0.4, 0.5) is 5.69 Å². The molecule has 12 heteroatoms. The number of hydrogen-bond acceptors (Lipinski definition) is 4. The van der Waals surface area contributed by atoms with Crippen molar-refractivity contribution in [3.63, 3.8) is 0 Å². The number of rotatable bonds is 13. The quantitative estimate of drug-likeness (QED) is 0.152. The zero-order valence-electron chi connectivity index (χ0n) is 25.2. The molecule has 2 unspecified atom stereocenters. The normalized spacial score (nSPS) is 12.7. The van der Waals surface area contributed by atoms with E-state index >= 15 is 0 Å². The third-order valence-corrected chi connectivity index (χ3v) is 10.7. The lowest BCUT2D eigenvalue weighted by Gasteiger charge is -2.34. The van der Waals surface area contributed by atoms with Crippen molar-refractivity contribution in [3.05, 3.63) is 128 Å². The molecule has 0 spiro atoms. The van der Waals surface area contributed by atoms with Gasteiger partial charge in [0.15, 0.2) is 0 Å². The maximum atomic E-state index is 14.6. The minimum atomic E-state index is -4.30. The molecular formula is C34H33Cl4N3O4S. The maximum Gasteiger partial charge on any atom is 0.264 e. The van der Waals surface area contributed by atoms with E-state index in [0.29, 0.717) is 22.0 Å². The summed E-state index contributed by atoms with van der Waals surface area (Å²) in [5.41, 5.74) is 1.33. The molecule has 0 aromatic heterocycles. The Bertz CT molecular complexity index is 1760. The molecule has 0 heterocycles. The molecule has 0 aliphatic heterocycles. The van der Waals surface area contributed by atoms with E-state index in [9.17, 15) is 18.0 Å². The van der Waals surface area contributed by atoms with E-state index < -0.39 is 34.4 Å². The Balaban J connectivity index is 1.85. The van der Waals surface area contributed by atoms with Crippen LogP contribution in [0.15, 0.2) is 102 Å². The number of nitrogens with one attached hydrogen (secondary N) is 1. The van der Waals surface area contributed by atoms with Gasteiger partial charge in [0.2, 0.25) is 11.8 Å². The second kappa shape index (κ2) is 16.0. The van der Waals surface area contributed by atoms with E-state index in [-0.39, 0.29) is 39.6 Å². The average Bonchev–Trinajstić information content (AvgIpc) is 3.04. The number of halogens is 4. The fourth-order valence-electron chi connectivity index (χ4n) is 4.74. The van der Waals surface area contributed by atoms with Gasteiger partial charge in [-0.1, -0.05) is 108 Å². The Morgan fingerprint density at radius 2 is 1.39 bits per heavy atom. The van der Waals surface area contributed by atoms with E-state index in [1.54, 1.807) is 36.4 Å². The standard InChI is InChI=1S/C34H33Cl4N3O4S/c1-3-23(2)39-34(43)32(19-24-11-6-4-7-12-24)40(21-27-28(35)15-10-16-29(27)36)33(42)22-41(25-17-18-30(37)31(38)20-25)46(44,45)26-13-8-5-9-14-26/h4-18,20,23,32H,3,19,21-22H2,1-2H3,(H,39,43). The van der Waals surface area contributed by atoms with Gasteiger partial charge in [-0.15, -0.1) is 0 Å². The summed E-state index contributed by atoms with van der Waals surface area (Å²) in [6, 6.07) is 25.0. The lowest BCUT2D eigenvalue weighted by atomic mass is 10.0. The highest BCUT2D eigenvalue weighted by Gasteiger charge is 2.35. The SMILES string of the molecule is CCC(C)NC(=O)C(Cc1ccccc1)N(Cc1c(Cl)cccc1Cl)C(=O)CN(c1ccc(Cl)c(Cl)c1)S(=O)(=O)c1ccccc1. The van der Waals surface area contributed by atoms with Crippen molar-refractivity contribution < 1.29 is 18.0 Å². The van der Waals surface area contributed by atoms with Crippen LogP contribution < -0.4 is 9.62 Å². The van der Waals surface area contributed by atoms with Crippen LogP contribution in [0.2, 0.25) is 20.1 Å². The van der Waals surface area contributed by atoms with Crippen LogP contribution in [0, 0.1) is 0 Å². The molecule has 1 N–H and O–H groups in total. The monoisotopic (exact) mass is 719 g/mol. The Labute approximate surface area is 290 Å². The Morgan fingerprint density at radius 1 is 0.783 bits per heavy atom. The molecule has 46 heavy (non-hydrogen) atoms. The molecule has 0 saturated heterocycles. The molecule has 7 nitrogen and oxygen atoms in total. The zero-order valence-corrected chi connectivity index (χ0v) is 29.0. The third-order valence-electron chi connectivity index (χ3n) is 7.46. The topological polar surface area (TPSA) is 86.8 Å². The van der Waals surface area contributed by atoms with Gasteiger partial charge in [0.1, 0.15) is 12.6 Å². The Morgan fingerprint density at radius 3 is 1.98 bits per heavy atom. The number of anilines is 1. The molecule has 4 rings (SSSR count). The predicted molar refractivity (Wildman–Crippen MR) is 186 cm³/mol. The summed E-state index contributed by atoms with van der Waals surface area (Å²) in [7, 11) is -4.30. The fraction of sp³-hybridized carbons (Fsp3) is 0.235. The zero-order chi connectivity index (χ0) is 33.4. The number of hydrogen-bond donors (Lipinski definition) is 1. The van der Waals surface area contributed by atoms with E-state index in [1.165, 1.54) is 35.2 Å². The summed E-state index contributed by atoms with van der Waals surface area (Å²) < 4.78 is 29.1. The maximum absolute atomic E-state index is 14.6. The van der Waals surface area contributed by atoms with Crippen molar-refractivity contribution in [2.45, 2.75) is 50.2 Å². The first-order chi connectivity index (χ1) is 21.9. The molecule has 2 amide bonds. The lowest BCUT2D eigenvalue weighted by molar-refractivity contribution is -0.140. The molecule has 0 saturated carbocycles. The number of benzene rings is 4. The van der Waals surface area contributed by atoms with Gasteiger partial charge in [-0.2, -0.15) is 0 Å². The summed E-state index contributed by atoms with van der Waals surface area (Å²) in [4.78, 5) is 29.8. The average molecular weight is 722 g/mol. The molecule has 242 valence electrons. The lowest BCUT2D eigenvalue weighted by Crippen LogP contribution is -2.54. The first-order valence-electron chi connectivity index (χ1n) is 14.5. The van der Waals surface area contributed by atoms with Crippen LogP contribution in [0.1, 0.15) is 31.4 Å². The van der Waals surface area contributed by atoms with Gasteiger partial charge in [-0.3, -0.25) is 13.9 Å². The van der Waals surface area contributed by atoms with E-state index in [1.807, 2.05) is 44.2 Å². The largest absolute Gasteiger partial charge is 0.352 e. The van der Waals surface area contributed by atoms with Crippen molar-refractivity contribution in [1.82, 2.24) is 10.2 Å². The van der Waals surface area contributed by atoms with Gasteiger partial charge in [0, 0.05) is 34.6 Å². The van der Waals surface area contributed by atoms with Crippen LogP contribution in [0.25, 0.3) is 0 Å². The number of nitrogens with zero attached hydrogens (tertiary/aromatic N) is 2. The van der Waals surface area contributed by atoms with Crippen molar-refractivity contribution >= 4 is 73.9 Å². The molecule has 0 bridgehead atoms. The van der Waals surface area contributed by atoms with Crippen molar-refractivity contribution in [3.8, 4) is 0 Å². The molecule has 0 fully saturated rings. The number of carbonyl (C=O) groups is 2. The Hall–Kier alpha value is -3.27. The minimum Gasteiger partial charge on any atom is -0.352 e. The van der Waals surface area contributed by atoms with Gasteiger partial charge < -0.3 is 10.2 Å². The molecule has 0 aliphatic carbocycles. The third kappa shape index (κ3) is 8.75. The van der Waals surface area contributed by atoms with Crippen molar-refractivity contribution in [1.29, 1.82) is 0 Å². The smallest absolute Gasteiger partial charge is 0.264 e. The van der Waals surface area contributed by atoms with Gasteiger partial charge in [0.05, 0.1) is 20.6 Å². The molecule has 2 atom stereocenters. The van der Waals surface area contributed by atoms with Gasteiger partial charge in [-0.25, -0.2) is 8.42 Å². The molecule has 0 radical (unpaired) electrons. The predicted octanol–water partition coefficient (Wildman–Crippen LogP) is 8.05. The van der Waals surface area contributed by atoms with Gasteiger partial charge in [-0.05, 0) is 61.4 Å². The molecule has 4 aromatic carbocycles. The summed E-state index contributed by atoms with van der Waals surface area (Å²) in [6.45, 7) is 2.97. The molecule has 4 aromatic rings. The van der Waals surface area contributed by atoms with Crippen LogP contribution in [-0.2, 0) is 32.6 Å². The number of amides is 2. The second-order valence-electron chi connectivity index (χ2n) is 10.7. The Kier molecular flexibility index (Phi) is 12.4. The highest BCUT2D eigenvalue weighted by atomic mass is 35.5. The second-order valence-corrected chi connectivity index (χ2v) is 14.2. The van der Waals surface area contributed by atoms with Crippen LogP contribution in [-0.4, -0.2) is 43.8 Å². The number of carbonyl (C=O) groups excluding carboxylic acids is 2. The summed E-state index contributed by atoms with van der Waals surface area (Å²) in [6.07, 6.45) is 0.809. The van der Waals surface area contributed by atoms with Crippen molar-refractivity contribution in [2.75, 3.05) is 10.8 Å². The molecular weight excluding hydrogens is 688 g/mol. The summed E-state index contributed by atoms with van der Waals surface area (Å²) in [5.74, 6) is -1.07. The fourth-order valence-corrected chi connectivity index (χ4v) is 6.97. The van der Waals surface area contributed by atoms with Crippen LogP contribution in [0.5, 0.6) is 0 Å². The highest BCUT2D eigenvalue weighted by molar-refractivity contribution is 7.92. The minimum absolute atomic E-state index is 0.0371. The van der Waals surface area contributed by atoms with Crippen molar-refractivity contribution in [2.24, 2.45) is 0 Å².